The lowest BCUT2D eigenvalue weighted by Gasteiger charge is -2.30. The lowest BCUT2D eigenvalue weighted by Crippen LogP contribution is -2.48. The summed E-state index contributed by atoms with van der Waals surface area (Å²) in [5.41, 5.74) is 0. The molecule has 3 rings (SSSR count). The van der Waals surface area contributed by atoms with Crippen LogP contribution in [-0.4, -0.2) is 56.3 Å². The highest BCUT2D eigenvalue weighted by Crippen LogP contribution is 2.44. The highest BCUT2D eigenvalue weighted by molar-refractivity contribution is 14.0. The van der Waals surface area contributed by atoms with Crippen molar-refractivity contribution < 1.29 is 9.47 Å². The Balaban J connectivity index is 0.00000280. The van der Waals surface area contributed by atoms with Gasteiger partial charge in [-0.25, -0.2) is 0 Å². The molecule has 2 N–H and O–H groups in total. The largest absolute Gasteiger partial charge is 0.379 e. The summed E-state index contributed by atoms with van der Waals surface area (Å²) in [7, 11) is 1.83. The number of nitrogens with zero attached hydrogens (tertiary/aromatic N) is 1. The van der Waals surface area contributed by atoms with E-state index in [2.05, 4.69) is 52.9 Å². The Bertz CT molecular complexity index is 591. The van der Waals surface area contributed by atoms with Crippen LogP contribution in [0.1, 0.15) is 39.0 Å². The number of aliphatic imine (C=N–C) groups is 1. The topological polar surface area (TPSA) is 54.9 Å². The Morgan fingerprint density at radius 2 is 2.07 bits per heavy atom. The van der Waals surface area contributed by atoms with E-state index in [-0.39, 0.29) is 40.9 Å². The summed E-state index contributed by atoms with van der Waals surface area (Å²) in [5.74, 6) is 0.855. The van der Waals surface area contributed by atoms with Gasteiger partial charge in [-0.05, 0) is 38.3 Å². The summed E-state index contributed by atoms with van der Waals surface area (Å²) in [6.45, 7) is 5.26. The number of nitrogens with one attached hydrogen (secondary N) is 2. The average molecular weight is 519 g/mol. The molecule has 5 nitrogen and oxygen atoms in total. The van der Waals surface area contributed by atoms with Gasteiger partial charge in [-0.3, -0.25) is 4.99 Å². The Morgan fingerprint density at radius 3 is 2.71 bits per heavy atom. The summed E-state index contributed by atoms with van der Waals surface area (Å²) in [6, 6.07) is 11.0. The number of guanidine groups is 1. The average Bonchev–Trinajstić information content (AvgIpc) is 3.37. The molecule has 0 bridgehead atoms. The molecule has 28 heavy (non-hydrogen) atoms. The van der Waals surface area contributed by atoms with E-state index in [9.17, 15) is 0 Å². The minimum absolute atomic E-state index is 0. The van der Waals surface area contributed by atoms with E-state index in [0.29, 0.717) is 6.61 Å². The van der Waals surface area contributed by atoms with Crippen LogP contribution in [0.2, 0.25) is 0 Å². The normalized spacial score (nSPS) is 22.5. The maximum absolute atomic E-state index is 5.91. The van der Waals surface area contributed by atoms with Crippen LogP contribution in [0, 0.1) is 0 Å². The van der Waals surface area contributed by atoms with Crippen LogP contribution in [0.3, 0.4) is 0 Å². The summed E-state index contributed by atoms with van der Waals surface area (Å²) in [4.78, 5) is 5.76. The fraction of sp³-hybridized carbons (Fsp3) is 0.667. The highest BCUT2D eigenvalue weighted by atomic mass is 127. The predicted octanol–water partition coefficient (Wildman–Crippen LogP) is 4.07. The van der Waals surface area contributed by atoms with E-state index < -0.39 is 0 Å². The van der Waals surface area contributed by atoms with Crippen molar-refractivity contribution in [1.82, 2.24) is 10.6 Å². The molecule has 0 spiro atoms. The van der Waals surface area contributed by atoms with Gasteiger partial charge in [0.1, 0.15) is 0 Å². The van der Waals surface area contributed by atoms with Crippen LogP contribution in [0.15, 0.2) is 40.2 Å². The van der Waals surface area contributed by atoms with Crippen molar-refractivity contribution in [3.05, 3.63) is 30.3 Å². The van der Waals surface area contributed by atoms with E-state index in [1.807, 2.05) is 18.8 Å². The van der Waals surface area contributed by atoms with Gasteiger partial charge >= 0.3 is 0 Å². The zero-order valence-electron chi connectivity index (χ0n) is 17.0. The Labute approximate surface area is 190 Å². The Morgan fingerprint density at radius 1 is 1.32 bits per heavy atom. The zero-order valence-corrected chi connectivity index (χ0v) is 20.1. The first-order valence-electron chi connectivity index (χ1n) is 10.1. The van der Waals surface area contributed by atoms with E-state index >= 15 is 0 Å². The van der Waals surface area contributed by atoms with Crippen molar-refractivity contribution in [1.29, 1.82) is 0 Å². The van der Waals surface area contributed by atoms with Crippen LogP contribution in [0.4, 0.5) is 0 Å². The van der Waals surface area contributed by atoms with Crippen molar-refractivity contribution in [2.75, 3.05) is 33.4 Å². The predicted molar refractivity (Wildman–Crippen MR) is 128 cm³/mol. The number of hydrogen-bond donors (Lipinski definition) is 2. The fourth-order valence-corrected chi connectivity index (χ4v) is 5.14. The molecule has 1 aromatic rings. The highest BCUT2D eigenvalue weighted by Gasteiger charge is 2.35. The number of halogens is 1. The molecule has 1 saturated carbocycles. The Kier molecular flexibility index (Phi) is 10.4. The van der Waals surface area contributed by atoms with Gasteiger partial charge in [-0.2, -0.15) is 0 Å². The molecule has 1 aliphatic heterocycles. The molecule has 0 radical (unpaired) electrons. The lowest BCUT2D eigenvalue weighted by molar-refractivity contribution is 0.0347. The molecule has 2 aliphatic rings. The summed E-state index contributed by atoms with van der Waals surface area (Å²) in [6.07, 6.45) is 6.35. The van der Waals surface area contributed by atoms with Crippen LogP contribution < -0.4 is 10.6 Å². The van der Waals surface area contributed by atoms with Crippen molar-refractivity contribution in [3.8, 4) is 0 Å². The van der Waals surface area contributed by atoms with E-state index in [1.54, 1.807) is 0 Å². The molecule has 0 aromatic heterocycles. The van der Waals surface area contributed by atoms with Gasteiger partial charge in [0, 0.05) is 35.9 Å². The standard InChI is InChI=1S/C21H33N3O2S.HI/c1-17(14-26-18-10-13-25-15-18)24-20(22-2)23-16-21(11-6-7-12-21)27-19-8-4-3-5-9-19;/h3-5,8-9,17-18H,6-7,10-16H2,1-2H3,(H2,22,23,24);1H. The minimum Gasteiger partial charge on any atom is -0.379 e. The van der Waals surface area contributed by atoms with Crippen LogP contribution in [0.25, 0.3) is 0 Å². The van der Waals surface area contributed by atoms with Gasteiger partial charge < -0.3 is 20.1 Å². The first-order chi connectivity index (χ1) is 13.2. The quantitative estimate of drug-likeness (QED) is 0.308. The molecule has 1 heterocycles. The smallest absolute Gasteiger partial charge is 0.191 e. The summed E-state index contributed by atoms with van der Waals surface area (Å²) < 4.78 is 11.5. The molecule has 158 valence electrons. The second-order valence-corrected chi connectivity index (χ2v) is 9.14. The number of thioether (sulfide) groups is 1. The van der Waals surface area contributed by atoms with Crippen molar-refractivity contribution in [3.63, 3.8) is 0 Å². The lowest BCUT2D eigenvalue weighted by atomic mass is 10.1. The monoisotopic (exact) mass is 519 g/mol. The summed E-state index contributed by atoms with van der Waals surface area (Å²) in [5, 5.41) is 7.03. The fourth-order valence-electron chi connectivity index (χ4n) is 3.71. The first kappa shape index (κ1) is 23.8. The minimum atomic E-state index is 0. The molecule has 0 amide bonds. The van der Waals surface area contributed by atoms with Gasteiger partial charge in [-0.1, -0.05) is 31.0 Å². The third kappa shape index (κ3) is 7.39. The SMILES string of the molecule is CN=C(NCC1(Sc2ccccc2)CCCC1)NC(C)COC1CCOC1.I. The zero-order chi connectivity index (χ0) is 19.0. The number of ether oxygens (including phenoxy) is 2. The molecule has 2 unspecified atom stereocenters. The second kappa shape index (κ2) is 12.2. The third-order valence-corrected chi connectivity index (χ3v) is 6.74. The van der Waals surface area contributed by atoms with Crippen molar-refractivity contribution in [2.24, 2.45) is 4.99 Å². The second-order valence-electron chi connectivity index (χ2n) is 7.60. The van der Waals surface area contributed by atoms with Gasteiger partial charge in [0.2, 0.25) is 0 Å². The molecule has 2 fully saturated rings. The molecule has 1 saturated heterocycles. The number of hydrogen-bond acceptors (Lipinski definition) is 4. The first-order valence-corrected chi connectivity index (χ1v) is 10.9. The van der Waals surface area contributed by atoms with E-state index in [1.165, 1.54) is 30.6 Å². The van der Waals surface area contributed by atoms with E-state index in [0.717, 1.165) is 32.1 Å². The molecule has 1 aromatic carbocycles. The maximum Gasteiger partial charge on any atom is 0.191 e. The van der Waals surface area contributed by atoms with Crippen molar-refractivity contribution >= 4 is 41.7 Å². The van der Waals surface area contributed by atoms with Crippen LogP contribution in [-0.2, 0) is 9.47 Å². The molecular formula is C21H34IN3O2S. The molecule has 7 heteroatoms. The van der Waals surface area contributed by atoms with Gasteiger partial charge in [-0.15, -0.1) is 35.7 Å². The van der Waals surface area contributed by atoms with Crippen LogP contribution >= 0.6 is 35.7 Å². The maximum atomic E-state index is 5.91. The van der Waals surface area contributed by atoms with Crippen LogP contribution in [0.5, 0.6) is 0 Å². The molecule has 2 atom stereocenters. The molecular weight excluding hydrogens is 485 g/mol. The Hall–Kier alpha value is -0.510. The summed E-state index contributed by atoms with van der Waals surface area (Å²) >= 11 is 2.01. The van der Waals surface area contributed by atoms with Gasteiger partial charge in [0.25, 0.3) is 0 Å². The molecule has 1 aliphatic carbocycles. The number of rotatable bonds is 8. The third-order valence-electron chi connectivity index (χ3n) is 5.25. The van der Waals surface area contributed by atoms with E-state index in [4.69, 9.17) is 9.47 Å². The van der Waals surface area contributed by atoms with Gasteiger partial charge in [0.05, 0.1) is 19.3 Å². The number of benzene rings is 1. The van der Waals surface area contributed by atoms with Crippen molar-refractivity contribution in [2.45, 2.75) is 60.8 Å². The van der Waals surface area contributed by atoms with Gasteiger partial charge in [0.15, 0.2) is 5.96 Å².